The number of fused-ring (bicyclic) bond motifs is 1. The highest BCUT2D eigenvalue weighted by molar-refractivity contribution is 6.04. The van der Waals surface area contributed by atoms with Gasteiger partial charge >= 0.3 is 0 Å². The number of nitrogens with zero attached hydrogens (tertiary/aromatic N) is 1. The van der Waals surface area contributed by atoms with Gasteiger partial charge in [-0.3, -0.25) is 4.79 Å². The van der Waals surface area contributed by atoms with Crippen LogP contribution in [-0.2, 0) is 0 Å². The van der Waals surface area contributed by atoms with Gasteiger partial charge in [0.2, 0.25) is 0 Å². The van der Waals surface area contributed by atoms with Crippen LogP contribution < -0.4 is 15.8 Å². The number of ether oxygens (including phenoxy) is 1. The van der Waals surface area contributed by atoms with E-state index in [1.54, 1.807) is 31.4 Å². The smallest absolute Gasteiger partial charge is 0.255 e. The quantitative estimate of drug-likeness (QED) is 0.479. The molecule has 0 aliphatic rings. The molecular formula is C21H18N4O2. The Kier molecular flexibility index (Phi) is 4.22. The lowest BCUT2D eigenvalue weighted by molar-refractivity contribution is 0.102. The third-order valence-corrected chi connectivity index (χ3v) is 4.27. The van der Waals surface area contributed by atoms with E-state index in [-0.39, 0.29) is 5.91 Å². The van der Waals surface area contributed by atoms with E-state index in [2.05, 4.69) is 15.3 Å². The van der Waals surface area contributed by atoms with Gasteiger partial charge in [0.05, 0.1) is 18.1 Å². The summed E-state index contributed by atoms with van der Waals surface area (Å²) >= 11 is 0. The average molecular weight is 358 g/mol. The summed E-state index contributed by atoms with van der Waals surface area (Å²) in [6, 6.07) is 20.0. The largest absolute Gasteiger partial charge is 0.497 e. The molecule has 3 aromatic carbocycles. The van der Waals surface area contributed by atoms with Crippen molar-refractivity contribution in [1.29, 1.82) is 0 Å². The molecule has 4 N–H and O–H groups in total. The van der Waals surface area contributed by atoms with Crippen LogP contribution in [0.3, 0.4) is 0 Å². The molecule has 0 unspecified atom stereocenters. The molecule has 4 rings (SSSR count). The van der Waals surface area contributed by atoms with Crippen molar-refractivity contribution in [2.24, 2.45) is 0 Å². The molecular weight excluding hydrogens is 340 g/mol. The number of H-pyrrole nitrogens is 1. The van der Waals surface area contributed by atoms with Gasteiger partial charge in [-0.1, -0.05) is 0 Å². The number of hydrogen-bond donors (Lipinski definition) is 3. The van der Waals surface area contributed by atoms with Gasteiger partial charge in [-0.15, -0.1) is 0 Å². The number of methoxy groups -OCH3 is 1. The van der Waals surface area contributed by atoms with Crippen molar-refractivity contribution < 1.29 is 9.53 Å². The van der Waals surface area contributed by atoms with Crippen LogP contribution >= 0.6 is 0 Å². The Morgan fingerprint density at radius 3 is 2.48 bits per heavy atom. The minimum absolute atomic E-state index is 0.176. The van der Waals surface area contributed by atoms with Crippen LogP contribution in [0.4, 0.5) is 11.4 Å². The lowest BCUT2D eigenvalue weighted by Crippen LogP contribution is -2.11. The Bertz CT molecular complexity index is 1100. The maximum absolute atomic E-state index is 12.3. The molecule has 0 aliphatic carbocycles. The lowest BCUT2D eigenvalue weighted by atomic mass is 10.1. The molecule has 0 spiro atoms. The predicted molar refractivity (Wildman–Crippen MR) is 107 cm³/mol. The minimum atomic E-state index is -0.176. The van der Waals surface area contributed by atoms with Crippen molar-refractivity contribution in [3.05, 3.63) is 72.3 Å². The zero-order valence-electron chi connectivity index (χ0n) is 14.7. The molecule has 1 heterocycles. The Morgan fingerprint density at radius 2 is 1.78 bits per heavy atom. The summed E-state index contributed by atoms with van der Waals surface area (Å²) < 4.78 is 5.10. The van der Waals surface area contributed by atoms with Crippen LogP contribution in [0.15, 0.2) is 66.7 Å². The summed E-state index contributed by atoms with van der Waals surface area (Å²) in [5.74, 6) is 1.29. The third kappa shape index (κ3) is 3.46. The van der Waals surface area contributed by atoms with E-state index < -0.39 is 0 Å². The van der Waals surface area contributed by atoms with Crippen LogP contribution in [-0.4, -0.2) is 23.0 Å². The second-order valence-electron chi connectivity index (χ2n) is 6.12. The highest BCUT2D eigenvalue weighted by Gasteiger charge is 2.08. The maximum atomic E-state index is 12.3. The van der Waals surface area contributed by atoms with Gasteiger partial charge in [0.25, 0.3) is 5.91 Å². The van der Waals surface area contributed by atoms with Gasteiger partial charge in [-0.25, -0.2) is 4.98 Å². The van der Waals surface area contributed by atoms with Crippen molar-refractivity contribution >= 4 is 28.3 Å². The number of hydrogen-bond acceptors (Lipinski definition) is 4. The summed E-state index contributed by atoms with van der Waals surface area (Å²) in [7, 11) is 1.59. The minimum Gasteiger partial charge on any atom is -0.497 e. The number of carbonyl (C=O) groups is 1. The predicted octanol–water partition coefficient (Wildman–Crippen LogP) is 4.07. The molecule has 0 atom stereocenters. The molecule has 1 amide bonds. The number of aromatic nitrogens is 2. The van der Waals surface area contributed by atoms with Gasteiger partial charge in [0.15, 0.2) is 0 Å². The van der Waals surface area contributed by atoms with Gasteiger partial charge < -0.3 is 20.8 Å². The Morgan fingerprint density at radius 1 is 1.04 bits per heavy atom. The zero-order valence-corrected chi connectivity index (χ0v) is 14.7. The molecule has 4 aromatic rings. The molecule has 0 fully saturated rings. The van der Waals surface area contributed by atoms with Crippen LogP contribution in [0, 0.1) is 0 Å². The normalized spacial score (nSPS) is 10.7. The summed E-state index contributed by atoms with van der Waals surface area (Å²) in [5, 5.41) is 2.88. The molecule has 6 heteroatoms. The van der Waals surface area contributed by atoms with Gasteiger partial charge in [0.1, 0.15) is 11.6 Å². The standard InChI is InChI=1S/C21H18N4O2/c1-27-17-9-4-14(5-10-17)21(26)23-16-7-2-13(3-8-16)20-24-18-11-6-15(22)12-19(18)25-20/h2-12H,22H2,1H3,(H,23,26)(H,24,25). The van der Waals surface area contributed by atoms with Gasteiger partial charge in [0, 0.05) is 22.5 Å². The number of imidazole rings is 1. The number of rotatable bonds is 4. The molecule has 134 valence electrons. The van der Waals surface area contributed by atoms with Crippen LogP contribution in [0.1, 0.15) is 10.4 Å². The molecule has 27 heavy (non-hydrogen) atoms. The van der Waals surface area contributed by atoms with Crippen LogP contribution in [0.25, 0.3) is 22.4 Å². The van der Waals surface area contributed by atoms with Crippen molar-refractivity contribution in [3.8, 4) is 17.1 Å². The summed E-state index contributed by atoms with van der Waals surface area (Å²) in [5.41, 5.74) is 10.4. The first-order valence-corrected chi connectivity index (χ1v) is 8.43. The fourth-order valence-electron chi connectivity index (χ4n) is 2.82. The highest BCUT2D eigenvalue weighted by Crippen LogP contribution is 2.23. The second-order valence-corrected chi connectivity index (χ2v) is 6.12. The molecule has 0 aliphatic heterocycles. The van der Waals surface area contributed by atoms with Crippen LogP contribution in [0.2, 0.25) is 0 Å². The highest BCUT2D eigenvalue weighted by atomic mass is 16.5. The third-order valence-electron chi connectivity index (χ3n) is 4.27. The summed E-state index contributed by atoms with van der Waals surface area (Å²) in [6.07, 6.45) is 0. The van der Waals surface area contributed by atoms with E-state index in [0.717, 1.165) is 22.4 Å². The van der Waals surface area contributed by atoms with E-state index in [1.807, 2.05) is 42.5 Å². The number of nitrogen functional groups attached to an aromatic ring is 1. The van der Waals surface area contributed by atoms with E-state index in [4.69, 9.17) is 10.5 Å². The maximum Gasteiger partial charge on any atom is 0.255 e. The molecule has 0 radical (unpaired) electrons. The molecule has 0 saturated heterocycles. The molecule has 0 saturated carbocycles. The first kappa shape index (κ1) is 16.7. The number of aromatic amines is 1. The molecule has 1 aromatic heterocycles. The topological polar surface area (TPSA) is 93.0 Å². The summed E-state index contributed by atoms with van der Waals surface area (Å²) in [6.45, 7) is 0. The summed E-state index contributed by atoms with van der Waals surface area (Å²) in [4.78, 5) is 20.2. The number of benzene rings is 3. The van der Waals surface area contributed by atoms with Crippen molar-refractivity contribution in [2.75, 3.05) is 18.2 Å². The molecule has 6 nitrogen and oxygen atoms in total. The lowest BCUT2D eigenvalue weighted by Gasteiger charge is -2.07. The van der Waals surface area contributed by atoms with Crippen molar-refractivity contribution in [1.82, 2.24) is 9.97 Å². The first-order chi connectivity index (χ1) is 13.1. The molecule has 0 bridgehead atoms. The van der Waals surface area contributed by atoms with Crippen molar-refractivity contribution in [3.63, 3.8) is 0 Å². The average Bonchev–Trinajstić information content (AvgIpc) is 3.11. The van der Waals surface area contributed by atoms with Gasteiger partial charge in [-0.2, -0.15) is 0 Å². The Labute approximate surface area is 156 Å². The van der Waals surface area contributed by atoms with Crippen molar-refractivity contribution in [2.45, 2.75) is 0 Å². The fourth-order valence-corrected chi connectivity index (χ4v) is 2.82. The number of nitrogens with two attached hydrogens (primary N) is 1. The van der Waals surface area contributed by atoms with Gasteiger partial charge in [-0.05, 0) is 66.7 Å². The fraction of sp³-hybridized carbons (Fsp3) is 0.0476. The Balaban J connectivity index is 1.51. The first-order valence-electron chi connectivity index (χ1n) is 8.43. The number of nitrogens with one attached hydrogen (secondary N) is 2. The zero-order chi connectivity index (χ0) is 18.8. The van der Waals surface area contributed by atoms with Crippen LogP contribution in [0.5, 0.6) is 5.75 Å². The number of carbonyl (C=O) groups excluding carboxylic acids is 1. The second kappa shape index (κ2) is 6.84. The van der Waals surface area contributed by atoms with E-state index >= 15 is 0 Å². The monoisotopic (exact) mass is 358 g/mol. The van der Waals surface area contributed by atoms with E-state index in [0.29, 0.717) is 22.7 Å². The number of amides is 1. The SMILES string of the molecule is COc1ccc(C(=O)Nc2ccc(-c3nc4ccc(N)cc4[nH]3)cc2)cc1. The Hall–Kier alpha value is -3.80. The van der Waals surface area contributed by atoms with E-state index in [9.17, 15) is 4.79 Å². The van der Waals surface area contributed by atoms with E-state index in [1.165, 1.54) is 0 Å². The number of anilines is 2.